The van der Waals surface area contributed by atoms with E-state index in [2.05, 4.69) is 17.6 Å². The Hall–Kier alpha value is -2.26. The second kappa shape index (κ2) is 19.5. The molecule has 0 saturated carbocycles. The Labute approximate surface area is 303 Å². The second-order valence-corrected chi connectivity index (χ2v) is 17.2. The molecule has 0 aromatic heterocycles. The zero-order valence-corrected chi connectivity index (χ0v) is 32.9. The van der Waals surface area contributed by atoms with Crippen molar-refractivity contribution in [2.45, 2.75) is 161 Å². The third-order valence-corrected chi connectivity index (χ3v) is 9.64. The van der Waals surface area contributed by atoms with Crippen LogP contribution in [0.15, 0.2) is 0 Å². The average Bonchev–Trinajstić information content (AvgIpc) is 3.47. The van der Waals surface area contributed by atoms with Crippen LogP contribution in [-0.4, -0.2) is 113 Å². The number of thioether (sulfide) groups is 1. The van der Waals surface area contributed by atoms with E-state index in [4.69, 9.17) is 23.7 Å². The number of imide groups is 1. The van der Waals surface area contributed by atoms with Gasteiger partial charge in [-0.2, -0.15) is 0 Å². The zero-order valence-electron chi connectivity index (χ0n) is 32.1. The number of carbonyl (C=O) groups is 5. The van der Waals surface area contributed by atoms with Gasteiger partial charge >= 0.3 is 5.97 Å². The van der Waals surface area contributed by atoms with Crippen LogP contribution >= 0.6 is 11.8 Å². The number of hydrogen-bond donors (Lipinski definition) is 2. The second-order valence-electron chi connectivity index (χ2n) is 15.9. The van der Waals surface area contributed by atoms with Gasteiger partial charge in [0.2, 0.25) is 23.6 Å². The van der Waals surface area contributed by atoms with Crippen molar-refractivity contribution < 1.29 is 47.7 Å². The van der Waals surface area contributed by atoms with E-state index < -0.39 is 28.6 Å². The lowest BCUT2D eigenvalue weighted by atomic mass is 10.0. The minimum atomic E-state index is -0.734. The maximum atomic E-state index is 12.9. The van der Waals surface area contributed by atoms with Crippen molar-refractivity contribution in [3.63, 3.8) is 0 Å². The van der Waals surface area contributed by atoms with Crippen molar-refractivity contribution in [2.24, 2.45) is 0 Å². The predicted octanol–water partition coefficient (Wildman–Crippen LogP) is 4.28. The quantitative estimate of drug-likeness (QED) is 0.0709. The number of amides is 4. The first-order valence-corrected chi connectivity index (χ1v) is 19.0. The van der Waals surface area contributed by atoms with Gasteiger partial charge in [0.15, 0.2) is 6.29 Å². The van der Waals surface area contributed by atoms with Crippen molar-refractivity contribution in [1.82, 2.24) is 15.5 Å². The van der Waals surface area contributed by atoms with Crippen LogP contribution in [0.1, 0.15) is 121 Å². The molecule has 2 fully saturated rings. The standard InChI is InChI=1S/C36H63N3O10S/c1-11-35(7,8)46-19-16-34(5,6)38-28(41)15-18-39-29(42)21-26(32(39)44)50-20-17-37-27(40)13-12-14-30(43)45-24-31(49-33(2,3)4)48-25-22-36(9,10)47-23-25/h25-26,31H,11-24H2,1-10H3,(H,37,40)(H,38,41). The first kappa shape index (κ1) is 43.9. The number of nitrogens with one attached hydrogen (secondary N) is 2. The molecule has 0 aromatic carbocycles. The zero-order chi connectivity index (χ0) is 37.8. The Morgan fingerprint density at radius 3 is 2.36 bits per heavy atom. The lowest BCUT2D eigenvalue weighted by Crippen LogP contribution is -2.46. The molecule has 13 nitrogen and oxygen atoms in total. The molecule has 3 atom stereocenters. The molecule has 2 heterocycles. The Morgan fingerprint density at radius 2 is 1.74 bits per heavy atom. The molecule has 0 aromatic rings. The van der Waals surface area contributed by atoms with E-state index in [-0.39, 0.29) is 79.8 Å². The molecule has 3 unspecified atom stereocenters. The molecule has 2 rings (SSSR count). The average molecular weight is 730 g/mol. The number of likely N-dealkylation sites (tertiary alicyclic amines) is 1. The maximum Gasteiger partial charge on any atom is 0.305 e. The molecule has 50 heavy (non-hydrogen) atoms. The highest BCUT2D eigenvalue weighted by molar-refractivity contribution is 8.00. The van der Waals surface area contributed by atoms with Gasteiger partial charge < -0.3 is 34.3 Å². The first-order valence-electron chi connectivity index (χ1n) is 17.9. The van der Waals surface area contributed by atoms with E-state index in [1.54, 1.807) is 0 Å². The van der Waals surface area contributed by atoms with Crippen LogP contribution < -0.4 is 10.6 Å². The number of rotatable bonds is 22. The Bertz CT molecular complexity index is 1150. The summed E-state index contributed by atoms with van der Waals surface area (Å²) in [4.78, 5) is 63.9. The van der Waals surface area contributed by atoms with Crippen LogP contribution in [0, 0.1) is 0 Å². The molecule has 2 N–H and O–H groups in total. The normalized spacial score (nSPS) is 20.2. The molecule has 2 aliphatic heterocycles. The van der Waals surface area contributed by atoms with Crippen molar-refractivity contribution in [1.29, 1.82) is 0 Å². The highest BCUT2D eigenvalue weighted by Crippen LogP contribution is 2.28. The van der Waals surface area contributed by atoms with Gasteiger partial charge in [-0.1, -0.05) is 6.92 Å². The van der Waals surface area contributed by atoms with Gasteiger partial charge in [-0.15, -0.1) is 11.8 Å². The minimum Gasteiger partial charge on any atom is -0.460 e. The summed E-state index contributed by atoms with van der Waals surface area (Å²) >= 11 is 1.30. The van der Waals surface area contributed by atoms with Crippen molar-refractivity contribution >= 4 is 41.4 Å². The summed E-state index contributed by atoms with van der Waals surface area (Å²) in [6, 6.07) is 0. The summed E-state index contributed by atoms with van der Waals surface area (Å²) in [5.41, 5.74) is -1.49. The van der Waals surface area contributed by atoms with Crippen LogP contribution in [0.2, 0.25) is 0 Å². The third-order valence-electron chi connectivity index (χ3n) is 8.43. The van der Waals surface area contributed by atoms with Gasteiger partial charge in [-0.05, 0) is 81.6 Å². The molecular formula is C36H63N3O10S. The summed E-state index contributed by atoms with van der Waals surface area (Å²) in [7, 11) is 0. The molecule has 0 bridgehead atoms. The van der Waals surface area contributed by atoms with E-state index in [1.165, 1.54) is 11.8 Å². The van der Waals surface area contributed by atoms with Gasteiger partial charge in [0.25, 0.3) is 0 Å². The van der Waals surface area contributed by atoms with E-state index in [9.17, 15) is 24.0 Å². The molecular weight excluding hydrogens is 666 g/mol. The summed E-state index contributed by atoms with van der Waals surface area (Å²) in [5.74, 6) is -1.07. The number of ether oxygens (including phenoxy) is 5. The summed E-state index contributed by atoms with van der Waals surface area (Å²) in [6.45, 7) is 20.9. The Balaban J connectivity index is 1.62. The van der Waals surface area contributed by atoms with Crippen LogP contribution in [-0.2, 0) is 47.7 Å². The lowest BCUT2D eigenvalue weighted by Gasteiger charge is -2.30. The van der Waals surface area contributed by atoms with Crippen LogP contribution in [0.25, 0.3) is 0 Å². The van der Waals surface area contributed by atoms with Gasteiger partial charge in [0, 0.05) is 63.1 Å². The fourth-order valence-electron chi connectivity index (χ4n) is 5.31. The number of carbonyl (C=O) groups excluding carboxylic acids is 5. The highest BCUT2D eigenvalue weighted by Gasteiger charge is 2.39. The van der Waals surface area contributed by atoms with E-state index in [1.807, 2.05) is 62.3 Å². The molecule has 0 radical (unpaired) electrons. The van der Waals surface area contributed by atoms with Crippen molar-refractivity contribution in [2.75, 3.05) is 38.7 Å². The lowest BCUT2D eigenvalue weighted by molar-refractivity contribution is -0.233. The van der Waals surface area contributed by atoms with E-state index in [0.717, 1.165) is 11.3 Å². The largest absolute Gasteiger partial charge is 0.460 e. The third kappa shape index (κ3) is 17.3. The van der Waals surface area contributed by atoms with Gasteiger partial charge in [-0.3, -0.25) is 28.9 Å². The molecule has 288 valence electrons. The van der Waals surface area contributed by atoms with E-state index >= 15 is 0 Å². The smallest absolute Gasteiger partial charge is 0.305 e. The summed E-state index contributed by atoms with van der Waals surface area (Å²) < 4.78 is 29.0. The predicted molar refractivity (Wildman–Crippen MR) is 191 cm³/mol. The first-order chi connectivity index (χ1) is 23.1. The fraction of sp³-hybridized carbons (Fsp3) is 0.861. The summed E-state index contributed by atoms with van der Waals surface area (Å²) in [5, 5.41) is 5.22. The molecule has 2 saturated heterocycles. The molecule has 0 aliphatic carbocycles. The van der Waals surface area contributed by atoms with Crippen LogP contribution in [0.5, 0.6) is 0 Å². The molecule has 4 amide bonds. The van der Waals surface area contributed by atoms with E-state index in [0.29, 0.717) is 44.8 Å². The van der Waals surface area contributed by atoms with Crippen molar-refractivity contribution in [3.05, 3.63) is 0 Å². The van der Waals surface area contributed by atoms with Gasteiger partial charge in [-0.25, -0.2) is 0 Å². The molecule has 2 aliphatic rings. The number of hydrogen-bond acceptors (Lipinski definition) is 11. The number of nitrogens with zero attached hydrogens (tertiary/aromatic N) is 1. The van der Waals surface area contributed by atoms with Gasteiger partial charge in [0.1, 0.15) is 6.61 Å². The summed E-state index contributed by atoms with van der Waals surface area (Å²) in [6.07, 6.45) is 1.95. The highest BCUT2D eigenvalue weighted by atomic mass is 32.2. The Kier molecular flexibility index (Phi) is 17.2. The monoisotopic (exact) mass is 729 g/mol. The van der Waals surface area contributed by atoms with Crippen LogP contribution in [0.3, 0.4) is 0 Å². The SMILES string of the molecule is CCC(C)(C)OCCC(C)(C)NC(=O)CCN1C(=O)CC(SCCNC(=O)CCCC(=O)OCC(OC2COC(C)(C)C2)OC(C)(C)C)C1=O. The maximum absolute atomic E-state index is 12.9. The number of esters is 1. The molecule has 0 spiro atoms. The Morgan fingerprint density at radius 1 is 1.04 bits per heavy atom. The van der Waals surface area contributed by atoms with Crippen molar-refractivity contribution in [3.8, 4) is 0 Å². The fourth-order valence-corrected chi connectivity index (χ4v) is 6.34. The molecule has 14 heteroatoms. The topological polar surface area (TPSA) is 159 Å². The van der Waals surface area contributed by atoms with Crippen LogP contribution in [0.4, 0.5) is 0 Å². The van der Waals surface area contributed by atoms with Gasteiger partial charge in [0.05, 0.1) is 34.8 Å². The minimum absolute atomic E-state index is 0.0244.